The van der Waals surface area contributed by atoms with Crippen molar-refractivity contribution in [3.05, 3.63) is 16.1 Å². The molecule has 0 bridgehead atoms. The van der Waals surface area contributed by atoms with Crippen LogP contribution < -0.4 is 5.73 Å². The molecule has 0 aliphatic rings. The smallest absolute Gasteiger partial charge is 0.358 e. The average molecular weight is 228 g/mol. The Kier molecular flexibility index (Phi) is 4.23. The fourth-order valence-electron chi connectivity index (χ4n) is 0.917. The summed E-state index contributed by atoms with van der Waals surface area (Å²) in [6.07, 6.45) is 0.730. The number of carbonyl (C=O) groups excluding carboxylic acids is 1. The van der Waals surface area contributed by atoms with Gasteiger partial charge in [-0.2, -0.15) is 0 Å². The van der Waals surface area contributed by atoms with Gasteiger partial charge in [-0.05, 0) is 20.3 Å². The standard InChI is InChI=1S/C10H16N2O2S/c1-4-6(2)14-10(13)8-5-15-9(12-8)7(3)11/h5-7H,4,11H2,1-3H3. The Labute approximate surface area is 93.5 Å². The molecule has 0 saturated carbocycles. The van der Waals surface area contributed by atoms with Crippen LogP contribution in [0.2, 0.25) is 0 Å². The molecule has 0 saturated heterocycles. The summed E-state index contributed by atoms with van der Waals surface area (Å²) in [7, 11) is 0. The molecule has 2 atom stereocenters. The maximum atomic E-state index is 11.5. The van der Waals surface area contributed by atoms with Crippen molar-refractivity contribution in [2.24, 2.45) is 5.73 Å². The maximum Gasteiger partial charge on any atom is 0.358 e. The van der Waals surface area contributed by atoms with Crippen LogP contribution in [0.3, 0.4) is 0 Å². The summed E-state index contributed by atoms with van der Waals surface area (Å²) in [5.74, 6) is -0.368. The van der Waals surface area contributed by atoms with Crippen molar-refractivity contribution in [2.75, 3.05) is 0 Å². The van der Waals surface area contributed by atoms with Crippen LogP contribution in [-0.2, 0) is 4.74 Å². The van der Waals surface area contributed by atoms with Gasteiger partial charge in [-0.3, -0.25) is 0 Å². The molecule has 0 aromatic carbocycles. The van der Waals surface area contributed by atoms with Crippen LogP contribution >= 0.6 is 11.3 Å². The van der Waals surface area contributed by atoms with Gasteiger partial charge < -0.3 is 10.5 Å². The first kappa shape index (κ1) is 12.1. The highest BCUT2D eigenvalue weighted by molar-refractivity contribution is 7.09. The van der Waals surface area contributed by atoms with E-state index < -0.39 is 0 Å². The summed E-state index contributed by atoms with van der Waals surface area (Å²) in [5.41, 5.74) is 6.00. The number of hydrogen-bond acceptors (Lipinski definition) is 5. The average Bonchev–Trinajstić information content (AvgIpc) is 2.66. The van der Waals surface area contributed by atoms with Crippen molar-refractivity contribution < 1.29 is 9.53 Å². The van der Waals surface area contributed by atoms with E-state index in [4.69, 9.17) is 10.5 Å². The van der Waals surface area contributed by atoms with Gasteiger partial charge in [0.05, 0.1) is 12.1 Å². The van der Waals surface area contributed by atoms with Crippen molar-refractivity contribution in [1.29, 1.82) is 0 Å². The van der Waals surface area contributed by atoms with Crippen molar-refractivity contribution in [2.45, 2.75) is 39.3 Å². The summed E-state index contributed by atoms with van der Waals surface area (Å²) in [4.78, 5) is 15.6. The zero-order valence-electron chi connectivity index (χ0n) is 9.19. The monoisotopic (exact) mass is 228 g/mol. The van der Waals surface area contributed by atoms with E-state index in [1.54, 1.807) is 5.38 Å². The first-order valence-corrected chi connectivity index (χ1v) is 5.84. The Bertz CT molecular complexity index is 336. The van der Waals surface area contributed by atoms with Crippen LogP contribution in [0.25, 0.3) is 0 Å². The van der Waals surface area contributed by atoms with Gasteiger partial charge in [0.25, 0.3) is 0 Å². The quantitative estimate of drug-likeness (QED) is 0.802. The first-order valence-electron chi connectivity index (χ1n) is 4.96. The number of rotatable bonds is 4. The second kappa shape index (κ2) is 5.23. The fourth-order valence-corrected chi connectivity index (χ4v) is 1.66. The molecule has 0 aliphatic carbocycles. The zero-order chi connectivity index (χ0) is 11.4. The highest BCUT2D eigenvalue weighted by Crippen LogP contribution is 2.16. The van der Waals surface area contributed by atoms with E-state index in [0.29, 0.717) is 5.69 Å². The summed E-state index contributed by atoms with van der Waals surface area (Å²) in [5, 5.41) is 2.44. The van der Waals surface area contributed by atoms with Gasteiger partial charge in [-0.1, -0.05) is 6.92 Å². The molecule has 0 radical (unpaired) electrons. The van der Waals surface area contributed by atoms with Crippen LogP contribution in [0, 0.1) is 0 Å². The first-order chi connectivity index (χ1) is 7.04. The lowest BCUT2D eigenvalue weighted by atomic mass is 10.3. The molecule has 15 heavy (non-hydrogen) atoms. The Morgan fingerprint density at radius 2 is 2.33 bits per heavy atom. The molecule has 1 aromatic heterocycles. The van der Waals surface area contributed by atoms with Crippen LogP contribution in [0.5, 0.6) is 0 Å². The molecule has 2 N–H and O–H groups in total. The van der Waals surface area contributed by atoms with Crippen molar-refractivity contribution in [1.82, 2.24) is 4.98 Å². The predicted octanol–water partition coefficient (Wildman–Crippen LogP) is 2.12. The highest BCUT2D eigenvalue weighted by Gasteiger charge is 2.15. The van der Waals surface area contributed by atoms with Crippen molar-refractivity contribution in [3.63, 3.8) is 0 Å². The second-order valence-corrected chi connectivity index (χ2v) is 4.37. The number of nitrogens with two attached hydrogens (primary N) is 1. The van der Waals surface area contributed by atoms with E-state index >= 15 is 0 Å². The number of aromatic nitrogens is 1. The minimum Gasteiger partial charge on any atom is -0.458 e. The van der Waals surface area contributed by atoms with Crippen molar-refractivity contribution >= 4 is 17.3 Å². The molecule has 1 rings (SSSR count). The normalized spacial score (nSPS) is 14.7. The summed E-state index contributed by atoms with van der Waals surface area (Å²) >= 11 is 1.38. The SMILES string of the molecule is CCC(C)OC(=O)c1csc(C(C)N)n1. The largest absolute Gasteiger partial charge is 0.458 e. The molecular formula is C10H16N2O2S. The Balaban J connectivity index is 2.66. The van der Waals surface area contributed by atoms with Crippen LogP contribution in [0.4, 0.5) is 0 Å². The maximum absolute atomic E-state index is 11.5. The Morgan fingerprint density at radius 1 is 1.67 bits per heavy atom. The fraction of sp³-hybridized carbons (Fsp3) is 0.600. The van der Waals surface area contributed by atoms with E-state index in [1.807, 2.05) is 20.8 Å². The molecule has 84 valence electrons. The number of ether oxygens (including phenoxy) is 1. The lowest BCUT2D eigenvalue weighted by Gasteiger charge is -2.08. The lowest BCUT2D eigenvalue weighted by Crippen LogP contribution is -2.14. The Morgan fingerprint density at radius 3 is 2.80 bits per heavy atom. The van der Waals surface area contributed by atoms with E-state index in [9.17, 15) is 4.79 Å². The van der Waals surface area contributed by atoms with E-state index in [2.05, 4.69) is 4.98 Å². The minimum atomic E-state index is -0.368. The number of esters is 1. The van der Waals surface area contributed by atoms with E-state index in [0.717, 1.165) is 11.4 Å². The topological polar surface area (TPSA) is 65.2 Å². The van der Waals surface area contributed by atoms with E-state index in [-0.39, 0.29) is 18.1 Å². The number of thiazole rings is 1. The molecule has 0 aliphatic heterocycles. The molecule has 1 aromatic rings. The second-order valence-electron chi connectivity index (χ2n) is 3.48. The molecule has 0 fully saturated rings. The molecule has 0 spiro atoms. The van der Waals surface area contributed by atoms with Crippen LogP contribution in [0.15, 0.2) is 5.38 Å². The van der Waals surface area contributed by atoms with Gasteiger partial charge in [0.2, 0.25) is 0 Å². The highest BCUT2D eigenvalue weighted by atomic mass is 32.1. The molecule has 5 heteroatoms. The summed E-state index contributed by atoms with van der Waals surface area (Å²) < 4.78 is 5.14. The molecule has 0 amide bonds. The van der Waals surface area contributed by atoms with Gasteiger partial charge in [-0.25, -0.2) is 9.78 Å². The minimum absolute atomic E-state index is 0.0713. The lowest BCUT2D eigenvalue weighted by molar-refractivity contribution is 0.0328. The predicted molar refractivity (Wildman–Crippen MR) is 59.9 cm³/mol. The molecule has 1 heterocycles. The third-order valence-electron chi connectivity index (χ3n) is 2.00. The van der Waals surface area contributed by atoms with Gasteiger partial charge in [0.15, 0.2) is 5.69 Å². The number of nitrogens with zero attached hydrogens (tertiary/aromatic N) is 1. The molecule has 4 nitrogen and oxygen atoms in total. The van der Waals surface area contributed by atoms with E-state index in [1.165, 1.54) is 11.3 Å². The van der Waals surface area contributed by atoms with Gasteiger partial charge in [0.1, 0.15) is 5.01 Å². The zero-order valence-corrected chi connectivity index (χ0v) is 10.0. The van der Waals surface area contributed by atoms with Crippen molar-refractivity contribution in [3.8, 4) is 0 Å². The Hall–Kier alpha value is -0.940. The number of carbonyl (C=O) groups is 1. The summed E-state index contributed by atoms with van der Waals surface area (Å²) in [6.45, 7) is 5.66. The molecule has 2 unspecified atom stereocenters. The van der Waals surface area contributed by atoms with Crippen LogP contribution in [0.1, 0.15) is 48.7 Å². The number of hydrogen-bond donors (Lipinski definition) is 1. The third kappa shape index (κ3) is 3.28. The third-order valence-corrected chi connectivity index (χ3v) is 3.05. The van der Waals surface area contributed by atoms with Gasteiger partial charge in [-0.15, -0.1) is 11.3 Å². The molecular weight excluding hydrogens is 212 g/mol. The van der Waals surface area contributed by atoms with Gasteiger partial charge in [0, 0.05) is 5.38 Å². The van der Waals surface area contributed by atoms with Gasteiger partial charge >= 0.3 is 5.97 Å². The van der Waals surface area contributed by atoms with Crippen LogP contribution in [-0.4, -0.2) is 17.1 Å². The summed E-state index contributed by atoms with van der Waals surface area (Å²) in [6, 6.07) is -0.139.